The highest BCUT2D eigenvalue weighted by Gasteiger charge is 2.30. The summed E-state index contributed by atoms with van der Waals surface area (Å²) in [6, 6.07) is 20.3. The van der Waals surface area contributed by atoms with E-state index in [9.17, 15) is 0 Å². The normalized spacial score (nSPS) is 13.7. The molecule has 1 atom stereocenters. The Morgan fingerprint density at radius 1 is 1.00 bits per heavy atom. The largest absolute Gasteiger partial charge is 0.301 e. The molecule has 3 aromatic rings. The maximum atomic E-state index is 4.29. The Morgan fingerprint density at radius 2 is 1.65 bits per heavy atom. The van der Waals surface area contributed by atoms with Gasteiger partial charge in [-0.15, -0.1) is 5.10 Å². The van der Waals surface area contributed by atoms with Crippen molar-refractivity contribution in [2.75, 3.05) is 0 Å². The van der Waals surface area contributed by atoms with Crippen molar-refractivity contribution in [3.63, 3.8) is 0 Å². The fraction of sp³-hybridized carbons (Fsp3) is 0.278. The quantitative estimate of drug-likeness (QED) is 0.760. The van der Waals surface area contributed by atoms with Crippen molar-refractivity contribution < 1.29 is 0 Å². The van der Waals surface area contributed by atoms with Gasteiger partial charge in [-0.3, -0.25) is 0 Å². The average Bonchev–Trinajstić information content (AvgIpc) is 3.12. The molecule has 2 aromatic carbocycles. The molecule has 0 unspecified atom stereocenters. The number of para-hydroxylation sites is 1. The number of benzene rings is 2. The molecule has 1 heterocycles. The zero-order valence-electron chi connectivity index (χ0n) is 13.5. The topological polar surface area (TPSA) is 55.6 Å². The van der Waals surface area contributed by atoms with Gasteiger partial charge in [-0.05, 0) is 41.5 Å². The van der Waals surface area contributed by atoms with Gasteiger partial charge in [-0.2, -0.15) is 4.68 Å². The van der Waals surface area contributed by atoms with Crippen molar-refractivity contribution in [3.8, 4) is 5.69 Å². The van der Waals surface area contributed by atoms with Crippen LogP contribution in [0.2, 0.25) is 0 Å². The van der Waals surface area contributed by atoms with Gasteiger partial charge in [0.15, 0.2) is 5.82 Å². The fourth-order valence-corrected chi connectivity index (χ4v) is 2.53. The molecule has 1 aromatic heterocycles. The molecule has 23 heavy (non-hydrogen) atoms. The molecular weight excluding hydrogens is 286 g/mol. The minimum absolute atomic E-state index is 0.310. The maximum Gasteiger partial charge on any atom is 0.176 e. The summed E-state index contributed by atoms with van der Waals surface area (Å²) >= 11 is 0. The summed E-state index contributed by atoms with van der Waals surface area (Å²) < 4.78 is 1.81. The van der Waals surface area contributed by atoms with Crippen molar-refractivity contribution in [1.82, 2.24) is 25.5 Å². The number of hydrogen-bond donors (Lipinski definition) is 1. The van der Waals surface area contributed by atoms with E-state index in [0.717, 1.165) is 24.5 Å². The highest BCUT2D eigenvalue weighted by atomic mass is 15.6. The SMILES string of the molecule is CC[C@@](C)(NCc1ccccc1)c1nnnn1-c1ccccc1. The summed E-state index contributed by atoms with van der Waals surface area (Å²) in [6.45, 7) is 5.05. The van der Waals surface area contributed by atoms with Crippen molar-refractivity contribution >= 4 is 0 Å². The van der Waals surface area contributed by atoms with Crippen molar-refractivity contribution in [1.29, 1.82) is 0 Å². The molecule has 3 rings (SSSR count). The van der Waals surface area contributed by atoms with Crippen LogP contribution in [0.1, 0.15) is 31.7 Å². The molecule has 5 nitrogen and oxygen atoms in total. The summed E-state index contributed by atoms with van der Waals surface area (Å²) in [5, 5.41) is 16.0. The zero-order valence-corrected chi connectivity index (χ0v) is 13.5. The van der Waals surface area contributed by atoms with Gasteiger partial charge in [0.1, 0.15) is 0 Å². The van der Waals surface area contributed by atoms with Gasteiger partial charge in [0.2, 0.25) is 0 Å². The molecule has 1 N–H and O–H groups in total. The first-order valence-corrected chi connectivity index (χ1v) is 7.86. The molecule has 0 bridgehead atoms. The third-order valence-electron chi connectivity index (χ3n) is 4.20. The summed E-state index contributed by atoms with van der Waals surface area (Å²) in [6.07, 6.45) is 0.882. The first kappa shape index (κ1) is 15.4. The number of aromatic nitrogens is 4. The lowest BCUT2D eigenvalue weighted by molar-refractivity contribution is 0.324. The van der Waals surface area contributed by atoms with Crippen LogP contribution in [0, 0.1) is 0 Å². The first-order valence-electron chi connectivity index (χ1n) is 7.86. The molecule has 0 spiro atoms. The van der Waals surface area contributed by atoms with E-state index in [1.54, 1.807) is 0 Å². The monoisotopic (exact) mass is 307 g/mol. The molecule has 0 saturated carbocycles. The fourth-order valence-electron chi connectivity index (χ4n) is 2.53. The lowest BCUT2D eigenvalue weighted by Gasteiger charge is -2.28. The van der Waals surface area contributed by atoms with Gasteiger partial charge >= 0.3 is 0 Å². The van der Waals surface area contributed by atoms with E-state index in [4.69, 9.17) is 0 Å². The van der Waals surface area contributed by atoms with Crippen molar-refractivity contribution in [3.05, 3.63) is 72.1 Å². The van der Waals surface area contributed by atoms with Crippen LogP contribution >= 0.6 is 0 Å². The second kappa shape index (κ2) is 6.71. The molecule has 0 aliphatic heterocycles. The minimum Gasteiger partial charge on any atom is -0.301 e. The van der Waals surface area contributed by atoms with Gasteiger partial charge in [-0.1, -0.05) is 55.5 Å². The number of tetrazole rings is 1. The molecule has 118 valence electrons. The van der Waals surface area contributed by atoms with E-state index in [1.165, 1.54) is 5.56 Å². The highest BCUT2D eigenvalue weighted by molar-refractivity contribution is 5.31. The van der Waals surface area contributed by atoms with E-state index < -0.39 is 0 Å². The Kier molecular flexibility index (Phi) is 4.48. The lowest BCUT2D eigenvalue weighted by Crippen LogP contribution is -2.41. The van der Waals surface area contributed by atoms with E-state index in [1.807, 2.05) is 53.2 Å². The Morgan fingerprint density at radius 3 is 2.30 bits per heavy atom. The minimum atomic E-state index is -0.310. The van der Waals surface area contributed by atoms with E-state index in [-0.39, 0.29) is 5.54 Å². The van der Waals surface area contributed by atoms with Gasteiger partial charge in [0.25, 0.3) is 0 Å². The molecular formula is C18H21N5. The lowest BCUT2D eigenvalue weighted by atomic mass is 9.97. The summed E-state index contributed by atoms with van der Waals surface area (Å²) in [5.41, 5.74) is 1.90. The Balaban J connectivity index is 1.87. The van der Waals surface area contributed by atoms with Gasteiger partial charge in [-0.25, -0.2) is 0 Å². The second-order valence-corrected chi connectivity index (χ2v) is 5.77. The Labute approximate surface area is 136 Å². The van der Waals surface area contributed by atoms with Crippen LogP contribution in [0.3, 0.4) is 0 Å². The number of rotatable bonds is 6. The molecule has 0 aliphatic rings. The summed E-state index contributed by atoms with van der Waals surface area (Å²) in [4.78, 5) is 0. The Bertz CT molecular complexity index is 738. The van der Waals surface area contributed by atoms with E-state index in [0.29, 0.717) is 0 Å². The van der Waals surface area contributed by atoms with Gasteiger partial charge in [0, 0.05) is 6.54 Å². The third-order valence-corrected chi connectivity index (χ3v) is 4.20. The molecule has 0 fully saturated rings. The smallest absolute Gasteiger partial charge is 0.176 e. The standard InChI is InChI=1S/C18H21N5/c1-3-18(2,19-14-15-10-6-4-7-11-15)17-20-21-22-23(17)16-12-8-5-9-13-16/h4-13,19H,3,14H2,1-2H3/t18-/m1/s1. The number of nitrogens with one attached hydrogen (secondary N) is 1. The van der Waals surface area contributed by atoms with Crippen LogP contribution in [0.15, 0.2) is 60.7 Å². The highest BCUT2D eigenvalue weighted by Crippen LogP contribution is 2.24. The van der Waals surface area contributed by atoms with E-state index in [2.05, 4.69) is 46.8 Å². The molecule has 0 aliphatic carbocycles. The second-order valence-electron chi connectivity index (χ2n) is 5.77. The van der Waals surface area contributed by atoms with Crippen molar-refractivity contribution in [2.24, 2.45) is 0 Å². The molecule has 0 saturated heterocycles. The average molecular weight is 307 g/mol. The van der Waals surface area contributed by atoms with E-state index >= 15 is 0 Å². The van der Waals surface area contributed by atoms with Crippen LogP contribution < -0.4 is 5.32 Å². The first-order chi connectivity index (χ1) is 11.2. The Hall–Kier alpha value is -2.53. The van der Waals surface area contributed by atoms with Crippen LogP contribution in [0.5, 0.6) is 0 Å². The number of hydrogen-bond acceptors (Lipinski definition) is 4. The summed E-state index contributed by atoms with van der Waals surface area (Å²) in [7, 11) is 0. The van der Waals surface area contributed by atoms with Gasteiger partial charge in [0.05, 0.1) is 11.2 Å². The predicted octanol–water partition coefficient (Wildman–Crippen LogP) is 3.08. The van der Waals surface area contributed by atoms with Crippen LogP contribution in [-0.4, -0.2) is 20.2 Å². The van der Waals surface area contributed by atoms with Crippen molar-refractivity contribution in [2.45, 2.75) is 32.4 Å². The van der Waals surface area contributed by atoms with Crippen LogP contribution in [0.25, 0.3) is 5.69 Å². The number of nitrogens with zero attached hydrogens (tertiary/aromatic N) is 4. The maximum absolute atomic E-state index is 4.29. The molecule has 0 amide bonds. The zero-order chi connectivity index (χ0) is 16.1. The third kappa shape index (κ3) is 3.29. The van der Waals surface area contributed by atoms with Crippen LogP contribution in [0.4, 0.5) is 0 Å². The molecule has 5 heteroatoms. The van der Waals surface area contributed by atoms with Gasteiger partial charge < -0.3 is 5.32 Å². The predicted molar refractivity (Wildman–Crippen MR) is 90.1 cm³/mol. The van der Waals surface area contributed by atoms with Crippen LogP contribution in [-0.2, 0) is 12.1 Å². The summed E-state index contributed by atoms with van der Waals surface area (Å²) in [5.74, 6) is 0.821. The molecule has 0 radical (unpaired) electrons.